The molecule has 0 saturated carbocycles. The number of fused-ring (bicyclic) bond motifs is 1. The lowest BCUT2D eigenvalue weighted by Gasteiger charge is -2.15. The van der Waals surface area contributed by atoms with Crippen LogP contribution < -0.4 is 14.8 Å². The molecule has 0 aliphatic heterocycles. The molecule has 1 aromatic heterocycles. The van der Waals surface area contributed by atoms with Gasteiger partial charge >= 0.3 is 0 Å². The van der Waals surface area contributed by atoms with Crippen molar-refractivity contribution in [3.63, 3.8) is 0 Å². The highest BCUT2D eigenvalue weighted by Crippen LogP contribution is 2.39. The van der Waals surface area contributed by atoms with Gasteiger partial charge < -0.3 is 14.5 Å². The Kier molecular flexibility index (Phi) is 6.54. The number of benzene rings is 2. The number of sulfonamides is 1. The Hall–Kier alpha value is -3.07. The van der Waals surface area contributed by atoms with Crippen molar-refractivity contribution in [1.82, 2.24) is 5.32 Å². The van der Waals surface area contributed by atoms with Gasteiger partial charge in [-0.2, -0.15) is 0 Å². The van der Waals surface area contributed by atoms with E-state index in [2.05, 4.69) is 10.0 Å². The third-order valence-corrected chi connectivity index (χ3v) is 4.91. The van der Waals surface area contributed by atoms with E-state index in [-0.39, 0.29) is 34.8 Å². The molecular weight excluding hydrogens is 423 g/mol. The van der Waals surface area contributed by atoms with E-state index in [0.29, 0.717) is 23.1 Å². The Bertz CT molecular complexity index is 1200. The van der Waals surface area contributed by atoms with Gasteiger partial charge in [0, 0.05) is 23.6 Å². The van der Waals surface area contributed by atoms with Crippen molar-refractivity contribution in [1.29, 1.82) is 0 Å². The average molecular weight is 449 g/mol. The third kappa shape index (κ3) is 5.35. The van der Waals surface area contributed by atoms with Crippen LogP contribution in [0.15, 0.2) is 40.8 Å². The van der Waals surface area contributed by atoms with Gasteiger partial charge in [-0.05, 0) is 50.6 Å². The van der Waals surface area contributed by atoms with E-state index in [4.69, 9.17) is 9.15 Å². The Morgan fingerprint density at radius 1 is 1.19 bits per heavy atom. The van der Waals surface area contributed by atoms with Crippen LogP contribution in [0, 0.1) is 5.82 Å². The Morgan fingerprint density at radius 3 is 2.45 bits per heavy atom. The zero-order chi connectivity index (χ0) is 22.8. The van der Waals surface area contributed by atoms with Crippen LogP contribution in [0.3, 0.4) is 0 Å². The van der Waals surface area contributed by atoms with Gasteiger partial charge in [-0.15, -0.1) is 0 Å². The van der Waals surface area contributed by atoms with Crippen LogP contribution in [0.4, 0.5) is 10.1 Å². The van der Waals surface area contributed by atoms with Crippen LogP contribution in [0.1, 0.15) is 37.6 Å². The third-order valence-electron chi connectivity index (χ3n) is 4.32. The monoisotopic (exact) mass is 448 g/mol. The van der Waals surface area contributed by atoms with Crippen LogP contribution in [0.25, 0.3) is 22.3 Å². The molecule has 0 radical (unpaired) electrons. The maximum absolute atomic E-state index is 13.4. The van der Waals surface area contributed by atoms with Crippen molar-refractivity contribution in [3.8, 4) is 17.1 Å². The van der Waals surface area contributed by atoms with Gasteiger partial charge in [0.15, 0.2) is 0 Å². The molecule has 31 heavy (non-hydrogen) atoms. The minimum atomic E-state index is -3.59. The predicted octanol–water partition coefficient (Wildman–Crippen LogP) is 4.54. The van der Waals surface area contributed by atoms with Crippen molar-refractivity contribution >= 4 is 32.6 Å². The van der Waals surface area contributed by atoms with E-state index >= 15 is 0 Å². The maximum Gasteiger partial charge on any atom is 0.255 e. The molecule has 0 fully saturated rings. The first kappa shape index (κ1) is 22.6. The summed E-state index contributed by atoms with van der Waals surface area (Å²) in [6.07, 6.45) is 1.54. The molecule has 0 aliphatic carbocycles. The summed E-state index contributed by atoms with van der Waals surface area (Å²) in [5, 5.41) is 3.30. The smallest absolute Gasteiger partial charge is 0.255 e. The minimum absolute atomic E-state index is 0.198. The predicted molar refractivity (Wildman–Crippen MR) is 118 cm³/mol. The molecule has 0 atom stereocenters. The lowest BCUT2D eigenvalue weighted by molar-refractivity contribution is 0.0955. The molecule has 1 amide bonds. The largest absolute Gasteiger partial charge is 0.489 e. The van der Waals surface area contributed by atoms with E-state index < -0.39 is 15.8 Å². The molecule has 3 aromatic rings. The van der Waals surface area contributed by atoms with Crippen LogP contribution in [0.5, 0.6) is 5.75 Å². The van der Waals surface area contributed by atoms with Crippen molar-refractivity contribution in [3.05, 3.63) is 47.8 Å². The van der Waals surface area contributed by atoms with E-state index in [1.807, 2.05) is 20.8 Å². The zero-order valence-electron chi connectivity index (χ0n) is 17.8. The van der Waals surface area contributed by atoms with Gasteiger partial charge in [-0.25, -0.2) is 12.8 Å². The van der Waals surface area contributed by atoms with Crippen molar-refractivity contribution in [2.75, 3.05) is 17.5 Å². The number of halogens is 1. The number of nitrogens with one attached hydrogen (secondary N) is 2. The fourth-order valence-electron chi connectivity index (χ4n) is 3.11. The Balaban J connectivity index is 2.27. The summed E-state index contributed by atoms with van der Waals surface area (Å²) >= 11 is 0. The molecule has 0 aliphatic rings. The van der Waals surface area contributed by atoms with Crippen molar-refractivity contribution in [2.45, 2.75) is 33.3 Å². The second-order valence-corrected chi connectivity index (χ2v) is 9.20. The number of furan rings is 1. The molecule has 0 unspecified atom stereocenters. The first-order chi connectivity index (χ1) is 14.6. The van der Waals surface area contributed by atoms with Gasteiger partial charge in [-0.3, -0.25) is 9.52 Å². The van der Waals surface area contributed by atoms with Gasteiger partial charge in [-0.1, -0.05) is 6.92 Å². The summed E-state index contributed by atoms with van der Waals surface area (Å²) in [5.74, 6) is -0.233. The second kappa shape index (κ2) is 8.97. The van der Waals surface area contributed by atoms with Crippen molar-refractivity contribution in [2.24, 2.45) is 0 Å². The van der Waals surface area contributed by atoms with E-state index in [1.54, 1.807) is 6.07 Å². The van der Waals surface area contributed by atoms with Gasteiger partial charge in [0.2, 0.25) is 10.0 Å². The van der Waals surface area contributed by atoms with Crippen LogP contribution >= 0.6 is 0 Å². The molecule has 0 spiro atoms. The Morgan fingerprint density at radius 2 is 1.87 bits per heavy atom. The molecule has 0 bridgehead atoms. The summed E-state index contributed by atoms with van der Waals surface area (Å²) in [7, 11) is -3.59. The minimum Gasteiger partial charge on any atom is -0.489 e. The second-order valence-electron chi connectivity index (χ2n) is 7.45. The highest BCUT2D eigenvalue weighted by atomic mass is 32.2. The van der Waals surface area contributed by atoms with Crippen molar-refractivity contribution < 1.29 is 26.8 Å². The first-order valence-electron chi connectivity index (χ1n) is 9.88. The molecule has 9 heteroatoms. The topological polar surface area (TPSA) is 97.6 Å². The molecule has 166 valence electrons. The SMILES string of the molecule is CCCNC(=O)c1c(-c2ccc(F)cc2)oc2cc(NS(C)(=O)=O)c(OC(C)C)cc12. The zero-order valence-corrected chi connectivity index (χ0v) is 18.6. The van der Waals surface area contributed by atoms with E-state index in [1.165, 1.54) is 30.3 Å². The highest BCUT2D eigenvalue weighted by molar-refractivity contribution is 7.92. The van der Waals surface area contributed by atoms with Gasteiger partial charge in [0.05, 0.1) is 23.6 Å². The lowest BCUT2D eigenvalue weighted by Crippen LogP contribution is -2.24. The fraction of sp³-hybridized carbons (Fsp3) is 0.318. The molecule has 7 nitrogen and oxygen atoms in total. The van der Waals surface area contributed by atoms with Crippen LogP contribution in [-0.4, -0.2) is 33.2 Å². The fourth-order valence-corrected chi connectivity index (χ4v) is 3.67. The first-order valence-corrected chi connectivity index (χ1v) is 11.8. The molecular formula is C22H25FN2O5S. The summed E-state index contributed by atoms with van der Waals surface area (Å²) in [6.45, 7) is 6.02. The number of ether oxygens (including phenoxy) is 1. The number of rotatable bonds is 8. The maximum atomic E-state index is 13.4. The number of carbonyl (C=O) groups is 1. The summed E-state index contributed by atoms with van der Waals surface area (Å²) in [6, 6.07) is 8.66. The van der Waals surface area contributed by atoms with Crippen LogP contribution in [0.2, 0.25) is 0 Å². The van der Waals surface area contributed by atoms with Crippen LogP contribution in [-0.2, 0) is 10.0 Å². The quantitative estimate of drug-likeness (QED) is 0.527. The normalized spacial score (nSPS) is 11.7. The molecule has 0 saturated heterocycles. The molecule has 3 rings (SSSR count). The number of amides is 1. The summed E-state index contributed by atoms with van der Waals surface area (Å²) in [4.78, 5) is 13.0. The van der Waals surface area contributed by atoms with E-state index in [9.17, 15) is 17.6 Å². The molecule has 2 aromatic carbocycles. The number of hydrogen-bond donors (Lipinski definition) is 2. The number of hydrogen-bond acceptors (Lipinski definition) is 5. The standard InChI is InChI=1S/C22H25FN2O5S/c1-5-10-24-22(26)20-16-11-19(29-13(2)3)17(25-31(4,27)28)12-18(16)30-21(20)14-6-8-15(23)9-7-14/h6-9,11-13,25H,5,10H2,1-4H3,(H,24,26). The number of anilines is 1. The van der Waals surface area contributed by atoms with Gasteiger partial charge in [0.25, 0.3) is 5.91 Å². The molecule has 1 heterocycles. The lowest BCUT2D eigenvalue weighted by atomic mass is 10.0. The molecule has 2 N–H and O–H groups in total. The number of carbonyl (C=O) groups excluding carboxylic acids is 1. The van der Waals surface area contributed by atoms with E-state index in [0.717, 1.165) is 12.7 Å². The highest BCUT2D eigenvalue weighted by Gasteiger charge is 2.24. The Labute approximate surface area is 180 Å². The summed E-state index contributed by atoms with van der Waals surface area (Å²) < 4.78 is 51.3. The van der Waals surface area contributed by atoms with Gasteiger partial charge in [0.1, 0.15) is 22.9 Å². The average Bonchev–Trinajstić information content (AvgIpc) is 3.03. The summed E-state index contributed by atoms with van der Waals surface area (Å²) in [5.41, 5.74) is 1.28.